The lowest BCUT2D eigenvalue weighted by atomic mass is 9.68. The lowest BCUT2D eigenvalue weighted by Crippen LogP contribution is -2.27. The number of fused-ring (bicyclic) bond motifs is 10. The fraction of sp³-hybridized carbons (Fsp3) is 0.804. The van der Waals surface area contributed by atoms with Crippen molar-refractivity contribution >= 4 is 77.4 Å². The van der Waals surface area contributed by atoms with Gasteiger partial charge in [-0.2, -0.15) is 17.5 Å². The Kier molecular flexibility index (Phi) is 45.4. The predicted octanol–water partition coefficient (Wildman–Crippen LogP) is 34.4. The summed E-state index contributed by atoms with van der Waals surface area (Å²) in [7, 11) is 0. The fourth-order valence-electron chi connectivity index (χ4n) is 18.4. The van der Waals surface area contributed by atoms with Gasteiger partial charge in [0.15, 0.2) is 0 Å². The molecule has 0 saturated heterocycles. The van der Waals surface area contributed by atoms with Crippen molar-refractivity contribution in [3.8, 4) is 22.3 Å². The summed E-state index contributed by atoms with van der Waals surface area (Å²) in [6.45, 7) is 9.31. The van der Waals surface area contributed by atoms with Crippen molar-refractivity contribution in [3.63, 3.8) is 0 Å². The van der Waals surface area contributed by atoms with Gasteiger partial charge in [0.05, 0.1) is 23.5 Å². The van der Waals surface area contributed by atoms with Crippen LogP contribution in [0.15, 0.2) is 33.2 Å². The summed E-state index contributed by atoms with van der Waals surface area (Å²) in [6.07, 6.45) is 94.5. The second kappa shape index (κ2) is 53.1. The highest BCUT2D eigenvalue weighted by Crippen LogP contribution is 2.63. The minimum absolute atomic E-state index is 0.0893. The number of hydrogen-bond donors (Lipinski definition) is 0. The molecule has 0 bridgehead atoms. The van der Waals surface area contributed by atoms with Crippen molar-refractivity contribution in [1.29, 1.82) is 0 Å². The van der Waals surface area contributed by atoms with E-state index < -0.39 is 0 Å². The molecule has 0 N–H and O–H groups in total. The van der Waals surface area contributed by atoms with Gasteiger partial charge in [0, 0.05) is 30.9 Å². The third-order valence-corrected chi connectivity index (χ3v) is 26.8. The van der Waals surface area contributed by atoms with E-state index in [-0.39, 0.29) is 10.8 Å². The first-order chi connectivity index (χ1) is 49.5. The summed E-state index contributed by atoms with van der Waals surface area (Å²) in [5, 5.41) is 0. The van der Waals surface area contributed by atoms with E-state index >= 15 is 0 Å². The van der Waals surface area contributed by atoms with Crippen molar-refractivity contribution < 1.29 is 0 Å². The molecule has 0 saturated carbocycles. The molecule has 2 aliphatic carbocycles. The third-order valence-electron chi connectivity index (χ3n) is 24.6. The summed E-state index contributed by atoms with van der Waals surface area (Å²) in [6, 6.07) is 10.8. The molecule has 3 aromatic carbocycles. The number of aromatic nitrogens is 4. The smallest absolute Gasteiger partial charge is 0.119 e. The highest BCUT2D eigenvalue weighted by atomic mass is 79.9. The van der Waals surface area contributed by atoms with E-state index in [0.717, 1.165) is 31.0 Å². The van der Waals surface area contributed by atoms with E-state index in [1.807, 2.05) is 0 Å². The Morgan fingerprint density at radius 2 is 0.390 bits per heavy atom. The highest BCUT2D eigenvalue weighted by Gasteiger charge is 2.50. The minimum Gasteiger partial charge on any atom is -0.172 e. The zero-order valence-corrected chi connectivity index (χ0v) is 70.6. The summed E-state index contributed by atoms with van der Waals surface area (Å²) in [5.74, 6) is 0. The van der Waals surface area contributed by atoms with E-state index in [1.54, 1.807) is 11.1 Å². The van der Waals surface area contributed by atoms with E-state index in [2.05, 4.69) is 83.8 Å². The van der Waals surface area contributed by atoms with Gasteiger partial charge in [-0.25, -0.2) is 0 Å². The normalized spacial score (nSPS) is 13.6. The van der Waals surface area contributed by atoms with Crippen LogP contribution in [0.2, 0.25) is 0 Å². The summed E-state index contributed by atoms with van der Waals surface area (Å²) >= 11 is 11.2. The molecule has 566 valence electrons. The van der Waals surface area contributed by atoms with Gasteiger partial charge in [0.25, 0.3) is 0 Å². The Balaban J connectivity index is 1.10. The molecule has 100 heavy (non-hydrogen) atoms. The molecule has 7 rings (SSSR count). The molecule has 0 amide bonds. The quantitative estimate of drug-likeness (QED) is 0.0364. The average Bonchev–Trinajstić information content (AvgIpc) is 1.52. The van der Waals surface area contributed by atoms with Crippen molar-refractivity contribution in [3.05, 3.63) is 55.5 Å². The average molecular weight is 1540 g/mol. The number of nitrogens with zero attached hydrogens (tertiary/aromatic N) is 4. The van der Waals surface area contributed by atoms with Crippen molar-refractivity contribution in [2.75, 3.05) is 0 Å². The Hall–Kier alpha value is -1.74. The molecule has 2 aromatic heterocycles. The SMILES string of the molecule is CCCCCCCCCCCCCCCCCCC1(CCCCCCCCCCCCCCCCCC)c2cc3c(cc2-c2c1cc(Br)c1nsnc21)C(CCCCCCCCCCCCCCCCCC)(CCCCCCCCCCCCCCCCCC)c1cc(Br)c2nsnc2c1-3. The lowest BCUT2D eigenvalue weighted by molar-refractivity contribution is 0.393. The molecule has 0 spiro atoms. The first-order valence-electron chi connectivity index (χ1n) is 44.6. The first kappa shape index (κ1) is 85.5. The molecule has 4 nitrogen and oxygen atoms in total. The maximum Gasteiger partial charge on any atom is 0.119 e. The van der Waals surface area contributed by atoms with Crippen LogP contribution in [0.4, 0.5) is 0 Å². The van der Waals surface area contributed by atoms with Crippen molar-refractivity contribution in [2.24, 2.45) is 0 Å². The lowest BCUT2D eigenvalue weighted by Gasteiger charge is -2.35. The number of rotatable bonds is 68. The second-order valence-electron chi connectivity index (χ2n) is 32.8. The van der Waals surface area contributed by atoms with Gasteiger partial charge in [-0.15, -0.1) is 0 Å². The molecule has 2 heterocycles. The van der Waals surface area contributed by atoms with Crippen LogP contribution in [0.25, 0.3) is 44.3 Å². The molecule has 8 heteroatoms. The minimum atomic E-state index is -0.0893. The van der Waals surface area contributed by atoms with Crippen LogP contribution < -0.4 is 0 Å². The van der Waals surface area contributed by atoms with Crippen LogP contribution in [0.3, 0.4) is 0 Å². The second-order valence-corrected chi connectivity index (χ2v) is 35.6. The zero-order chi connectivity index (χ0) is 70.2. The van der Waals surface area contributed by atoms with Crippen LogP contribution in [0, 0.1) is 0 Å². The van der Waals surface area contributed by atoms with E-state index in [1.165, 1.54) is 493 Å². The van der Waals surface area contributed by atoms with Gasteiger partial charge in [0.2, 0.25) is 0 Å². The standard InChI is InChI=1S/C92H152Br2N4S2/c1-5-9-13-17-21-25-29-33-37-41-45-49-53-57-61-65-69-91(70-66-62-58-54-50-46-42-38-34-30-26-22-18-14-10-6-2)79-73-78-80(74-77(79)85-81(91)75-83(93)87-89(85)97-99-95-87)92(82-76-84(94)88-90(86(78)82)98-100-96-88,71-67-63-59-55-51-47-43-39-35-31-27-23-19-15-11-7-3)72-68-64-60-56-52-48-44-40-36-32-28-24-20-16-12-8-4/h73-76H,5-72H2,1-4H3. The molecule has 0 fully saturated rings. The predicted molar refractivity (Wildman–Crippen MR) is 453 cm³/mol. The maximum atomic E-state index is 5.32. The van der Waals surface area contributed by atoms with Gasteiger partial charge in [-0.1, -0.05) is 439 Å². The Bertz CT molecular complexity index is 2600. The van der Waals surface area contributed by atoms with E-state index in [4.69, 9.17) is 17.5 Å². The number of unbranched alkanes of at least 4 members (excludes halogenated alkanes) is 60. The van der Waals surface area contributed by atoms with Gasteiger partial charge >= 0.3 is 0 Å². The third kappa shape index (κ3) is 28.8. The first-order valence-corrected chi connectivity index (χ1v) is 47.6. The highest BCUT2D eigenvalue weighted by molar-refractivity contribution is 9.11. The number of benzene rings is 3. The Labute approximate surface area is 642 Å². The van der Waals surface area contributed by atoms with Gasteiger partial charge in [0.1, 0.15) is 22.1 Å². The maximum absolute atomic E-state index is 5.32. The van der Waals surface area contributed by atoms with Crippen LogP contribution >= 0.6 is 55.3 Å². The molecule has 2 aliphatic rings. The van der Waals surface area contributed by atoms with Crippen molar-refractivity contribution in [1.82, 2.24) is 17.5 Å². The van der Waals surface area contributed by atoms with Crippen LogP contribution in [-0.4, -0.2) is 17.5 Å². The summed E-state index contributed by atoms with van der Waals surface area (Å²) in [4.78, 5) is 0. The molecular formula is C92H152Br2N4S2. The van der Waals surface area contributed by atoms with Gasteiger partial charge in [-0.3, -0.25) is 0 Å². The number of hydrogen-bond acceptors (Lipinski definition) is 6. The van der Waals surface area contributed by atoms with Crippen LogP contribution in [-0.2, 0) is 10.8 Å². The largest absolute Gasteiger partial charge is 0.172 e. The fourth-order valence-corrected chi connectivity index (χ4v) is 20.8. The Morgan fingerprint density at radius 3 is 0.580 bits per heavy atom. The number of halogens is 2. The topological polar surface area (TPSA) is 51.6 Å². The monoisotopic (exact) mass is 1530 g/mol. The molecule has 5 aromatic rings. The van der Waals surface area contributed by atoms with E-state index in [0.29, 0.717) is 0 Å². The van der Waals surface area contributed by atoms with Gasteiger partial charge < -0.3 is 0 Å². The molecule has 0 atom stereocenters. The van der Waals surface area contributed by atoms with E-state index in [9.17, 15) is 0 Å². The van der Waals surface area contributed by atoms with Gasteiger partial charge in [-0.05, 0) is 115 Å². The summed E-state index contributed by atoms with van der Waals surface area (Å²) in [5.41, 5.74) is 16.2. The molecule has 0 radical (unpaired) electrons. The molecule has 0 aliphatic heterocycles. The molecular weight excluding hydrogens is 1380 g/mol. The summed E-state index contributed by atoms with van der Waals surface area (Å²) < 4.78 is 23.0. The molecule has 0 unspecified atom stereocenters. The zero-order valence-electron chi connectivity index (χ0n) is 65.8. The van der Waals surface area contributed by atoms with Crippen LogP contribution in [0.5, 0.6) is 0 Å². The Morgan fingerprint density at radius 1 is 0.220 bits per heavy atom. The van der Waals surface area contributed by atoms with Crippen molar-refractivity contribution in [2.45, 2.75) is 475 Å². The van der Waals surface area contributed by atoms with Crippen LogP contribution in [0.1, 0.15) is 487 Å².